The zero-order valence-corrected chi connectivity index (χ0v) is 22.2. The molecule has 2 aliphatic rings. The fourth-order valence-corrected chi connectivity index (χ4v) is 6.43. The molecule has 1 aromatic carbocycles. The first-order valence-corrected chi connectivity index (χ1v) is 13.8. The van der Waals surface area contributed by atoms with Crippen LogP contribution in [0.2, 0.25) is 0 Å². The fraction of sp³-hybridized carbons (Fsp3) is 0.708. The van der Waals surface area contributed by atoms with E-state index in [2.05, 4.69) is 0 Å². The summed E-state index contributed by atoms with van der Waals surface area (Å²) in [6, 6.07) is -0.614. The monoisotopic (exact) mass is 613 g/mol. The number of fused-ring (bicyclic) bond motifs is 1. The third kappa shape index (κ3) is 6.73. The molecule has 1 N–H and O–H groups in total. The third-order valence-electron chi connectivity index (χ3n) is 7.19. The average Bonchev–Trinajstić information content (AvgIpc) is 2.86. The number of hydrogen-bond acceptors (Lipinski definition) is 5. The number of rotatable bonds is 8. The average molecular weight is 614 g/mol. The zero-order chi connectivity index (χ0) is 30.5. The second-order valence-electron chi connectivity index (χ2n) is 10.5. The zero-order valence-electron chi connectivity index (χ0n) is 21.4. The highest BCUT2D eigenvalue weighted by Gasteiger charge is 2.58. The van der Waals surface area contributed by atoms with Gasteiger partial charge in [0.05, 0.1) is 23.1 Å². The highest BCUT2D eigenvalue weighted by molar-refractivity contribution is 7.92. The first-order valence-electron chi connectivity index (χ1n) is 12.3. The number of halogens is 9. The van der Waals surface area contributed by atoms with Gasteiger partial charge in [0.15, 0.2) is 0 Å². The van der Waals surface area contributed by atoms with E-state index in [1.807, 2.05) is 0 Å². The summed E-state index contributed by atoms with van der Waals surface area (Å²) in [5.41, 5.74) is -2.45. The predicted octanol–water partition coefficient (Wildman–Crippen LogP) is 6.62. The van der Waals surface area contributed by atoms with E-state index in [-0.39, 0.29) is 25.0 Å². The molecule has 1 fully saturated rings. The van der Waals surface area contributed by atoms with E-state index in [9.17, 15) is 43.9 Å². The van der Waals surface area contributed by atoms with Gasteiger partial charge in [0.1, 0.15) is 17.3 Å². The summed E-state index contributed by atoms with van der Waals surface area (Å²) in [7, 11) is -5.84. The Balaban J connectivity index is 2.23. The number of aliphatic carboxylic acids is 1. The molecule has 1 heterocycles. The fourth-order valence-electron chi connectivity index (χ4n) is 4.79. The van der Waals surface area contributed by atoms with Gasteiger partial charge < -0.3 is 14.7 Å². The maximum Gasteiger partial charge on any atom is 0.420 e. The number of carboxylic acid groups (broad SMARTS) is 1. The lowest BCUT2D eigenvalue weighted by Crippen LogP contribution is -2.46. The van der Waals surface area contributed by atoms with Gasteiger partial charge >= 0.3 is 17.4 Å². The summed E-state index contributed by atoms with van der Waals surface area (Å²) >= 11 is 0. The van der Waals surface area contributed by atoms with Gasteiger partial charge in [-0.05, 0) is 39.2 Å². The highest BCUT2D eigenvalue weighted by atomic mass is 32.2. The van der Waals surface area contributed by atoms with Crippen molar-refractivity contribution in [2.45, 2.75) is 86.6 Å². The van der Waals surface area contributed by atoms with E-state index < -0.39 is 118 Å². The van der Waals surface area contributed by atoms with E-state index in [1.54, 1.807) is 0 Å². The molecule has 0 spiro atoms. The van der Waals surface area contributed by atoms with Gasteiger partial charge in [-0.25, -0.2) is 26.0 Å². The Labute approximate surface area is 224 Å². The van der Waals surface area contributed by atoms with Crippen molar-refractivity contribution in [2.24, 2.45) is 11.8 Å². The largest absolute Gasteiger partial charge is 0.492 e. The number of anilines is 1. The van der Waals surface area contributed by atoms with Crippen molar-refractivity contribution < 1.29 is 62.6 Å². The first-order chi connectivity index (χ1) is 18.1. The molecule has 0 aromatic heterocycles. The Morgan fingerprint density at radius 1 is 1.12 bits per heavy atom. The maximum atomic E-state index is 15.6. The molecule has 0 amide bonds. The van der Waals surface area contributed by atoms with Crippen LogP contribution in [0, 0.1) is 11.8 Å². The molecule has 0 bridgehead atoms. The molecule has 6 nitrogen and oxygen atoms in total. The molecule has 1 aliphatic heterocycles. The van der Waals surface area contributed by atoms with Crippen LogP contribution in [0.1, 0.15) is 57.9 Å². The number of benzene rings is 1. The molecular formula is C24H28F9NO5S. The van der Waals surface area contributed by atoms with Gasteiger partial charge in [0.25, 0.3) is 0 Å². The van der Waals surface area contributed by atoms with Crippen LogP contribution in [-0.4, -0.2) is 55.8 Å². The summed E-state index contributed by atoms with van der Waals surface area (Å²) in [6.45, 7) is -0.343. The van der Waals surface area contributed by atoms with Crippen molar-refractivity contribution in [3.05, 3.63) is 17.7 Å². The molecule has 0 saturated heterocycles. The van der Waals surface area contributed by atoms with Gasteiger partial charge in [-0.1, -0.05) is 0 Å². The van der Waals surface area contributed by atoms with E-state index in [1.165, 1.54) is 0 Å². The van der Waals surface area contributed by atoms with Crippen LogP contribution in [0.4, 0.5) is 45.2 Å². The van der Waals surface area contributed by atoms with Gasteiger partial charge in [0.2, 0.25) is 21.7 Å². The number of alkyl halides is 9. The molecular weight excluding hydrogens is 585 g/mol. The summed E-state index contributed by atoms with van der Waals surface area (Å²) in [5.74, 6) is -13.0. The number of carboxylic acids is 1. The van der Waals surface area contributed by atoms with Gasteiger partial charge in [-0.3, -0.25) is 4.79 Å². The Hall–Kier alpha value is -2.39. The number of sulfone groups is 1. The molecule has 1 saturated carbocycles. The summed E-state index contributed by atoms with van der Waals surface area (Å²) in [6.07, 6.45) is -9.69. The summed E-state index contributed by atoms with van der Waals surface area (Å²) in [5, 5.41) is 4.28. The van der Waals surface area contributed by atoms with E-state index in [4.69, 9.17) is 9.84 Å². The van der Waals surface area contributed by atoms with Crippen LogP contribution in [0.3, 0.4) is 0 Å². The minimum Gasteiger partial charge on any atom is -0.492 e. The van der Waals surface area contributed by atoms with Crippen LogP contribution < -0.4 is 9.64 Å². The molecule has 0 unspecified atom stereocenters. The molecule has 228 valence electrons. The minimum atomic E-state index is -5.84. The first kappa shape index (κ1) is 32.1. The van der Waals surface area contributed by atoms with Crippen molar-refractivity contribution in [1.82, 2.24) is 0 Å². The summed E-state index contributed by atoms with van der Waals surface area (Å²) in [4.78, 5) is 10.7. The van der Waals surface area contributed by atoms with Gasteiger partial charge in [-0.15, -0.1) is 0 Å². The lowest BCUT2D eigenvalue weighted by atomic mass is 9.89. The molecule has 2 atom stereocenters. The number of carbonyl (C=O) groups is 1. The molecule has 40 heavy (non-hydrogen) atoms. The topological polar surface area (TPSA) is 83.9 Å². The van der Waals surface area contributed by atoms with Crippen LogP contribution in [0.25, 0.3) is 0 Å². The molecule has 3 rings (SSSR count). The Morgan fingerprint density at radius 2 is 1.70 bits per heavy atom. The maximum absolute atomic E-state index is 15.6. The van der Waals surface area contributed by atoms with Gasteiger partial charge in [-0.2, -0.15) is 22.0 Å². The molecule has 1 aromatic rings. The number of hydrogen-bond donors (Lipinski definition) is 1. The minimum absolute atomic E-state index is 0.219. The Morgan fingerprint density at radius 3 is 2.20 bits per heavy atom. The van der Waals surface area contributed by atoms with Crippen molar-refractivity contribution in [2.75, 3.05) is 18.1 Å². The quantitative estimate of drug-likeness (QED) is 0.332. The van der Waals surface area contributed by atoms with Crippen molar-refractivity contribution >= 4 is 21.5 Å². The predicted molar refractivity (Wildman–Crippen MR) is 124 cm³/mol. The Bertz CT molecular complexity index is 1200. The standard InChI is InChI=1S/C24H28F9NO5S/c1-13(20(35)36)12-39-18-10-19-17(9-16(18)23(29,30)31)34(15-4-7-22(27,28)8-5-15)11-14(3-6-21(2,25)26)24(32,33)40(19,37)38/h9-10,13-15H,3-8,11-12H2,1-2H3,(H,35,36)/t13-,14+/m1/s1. The van der Waals surface area contributed by atoms with Crippen LogP contribution in [0.15, 0.2) is 17.0 Å². The second kappa shape index (κ2) is 10.8. The third-order valence-corrected chi connectivity index (χ3v) is 9.14. The molecule has 1 aliphatic carbocycles. The van der Waals surface area contributed by atoms with Crippen molar-refractivity contribution in [3.8, 4) is 5.75 Å². The van der Waals surface area contributed by atoms with E-state index in [0.29, 0.717) is 6.92 Å². The highest BCUT2D eigenvalue weighted by Crippen LogP contribution is 2.51. The smallest absolute Gasteiger partial charge is 0.420 e. The lowest BCUT2D eigenvalue weighted by Gasteiger charge is -2.40. The number of nitrogens with zero attached hydrogens (tertiary/aromatic N) is 1. The normalized spacial score (nSPS) is 23.7. The van der Waals surface area contributed by atoms with Crippen molar-refractivity contribution in [3.63, 3.8) is 0 Å². The van der Waals surface area contributed by atoms with Crippen molar-refractivity contribution in [1.29, 1.82) is 0 Å². The van der Waals surface area contributed by atoms with E-state index in [0.717, 1.165) is 11.8 Å². The second-order valence-corrected chi connectivity index (χ2v) is 12.5. The van der Waals surface area contributed by atoms with E-state index >= 15 is 8.78 Å². The van der Waals surface area contributed by atoms with Gasteiger partial charge in [0, 0.05) is 37.9 Å². The van der Waals surface area contributed by atoms with Crippen LogP contribution >= 0.6 is 0 Å². The molecule has 0 radical (unpaired) electrons. The lowest BCUT2D eigenvalue weighted by molar-refractivity contribution is -0.142. The van der Waals surface area contributed by atoms with Crippen LogP contribution in [0.5, 0.6) is 5.75 Å². The SMILES string of the molecule is C[C@H](COc1cc2c(cc1C(F)(F)F)N(C1CCC(F)(F)CC1)C[C@H](CCC(C)(F)F)C(F)(F)S2(=O)=O)C(=O)O. The van der Waals surface area contributed by atoms with Crippen LogP contribution in [-0.2, 0) is 20.8 Å². The Kier molecular flexibility index (Phi) is 8.66. The number of ether oxygens (including phenoxy) is 1. The molecule has 16 heteroatoms. The summed E-state index contributed by atoms with van der Waals surface area (Å²) < 4.78 is 160.